The molecule has 0 spiro atoms. The van der Waals surface area contributed by atoms with E-state index in [1.165, 1.54) is 17.4 Å². The summed E-state index contributed by atoms with van der Waals surface area (Å²) in [6.45, 7) is 0.717. The van der Waals surface area contributed by atoms with Crippen LogP contribution in [0.5, 0.6) is 0 Å². The van der Waals surface area contributed by atoms with E-state index in [-0.39, 0.29) is 17.3 Å². The number of nitriles is 1. The number of rotatable bonds is 5. The highest BCUT2D eigenvalue weighted by atomic mass is 32.1. The van der Waals surface area contributed by atoms with E-state index in [0.717, 1.165) is 17.7 Å². The largest absolute Gasteiger partial charge is 0.387 e. The summed E-state index contributed by atoms with van der Waals surface area (Å²) >= 11 is 1.51. The minimum absolute atomic E-state index is 0.0495. The molecule has 3 rings (SSSR count). The van der Waals surface area contributed by atoms with Crippen molar-refractivity contribution in [2.75, 3.05) is 11.4 Å². The lowest BCUT2D eigenvalue weighted by molar-refractivity contribution is -0.384. The summed E-state index contributed by atoms with van der Waals surface area (Å²) in [6, 6.07) is 10.4. The smallest absolute Gasteiger partial charge is 0.293 e. The number of aliphatic hydroxyl groups is 1. The van der Waals surface area contributed by atoms with Crippen molar-refractivity contribution in [1.29, 1.82) is 5.26 Å². The molecule has 1 aromatic heterocycles. The molecular weight excluding hydrogens is 326 g/mol. The van der Waals surface area contributed by atoms with Gasteiger partial charge in [0.15, 0.2) is 0 Å². The topological polar surface area (TPSA) is 90.4 Å². The van der Waals surface area contributed by atoms with Gasteiger partial charge in [0, 0.05) is 23.5 Å². The lowest BCUT2D eigenvalue weighted by atomic mass is 10.0. The number of thiophene rings is 1. The molecule has 0 amide bonds. The number of hydrogen-bond donors (Lipinski definition) is 1. The van der Waals surface area contributed by atoms with Crippen LogP contribution in [-0.2, 0) is 0 Å². The molecule has 6 nitrogen and oxygen atoms in total. The van der Waals surface area contributed by atoms with Crippen molar-refractivity contribution in [2.45, 2.75) is 31.4 Å². The van der Waals surface area contributed by atoms with Crippen LogP contribution in [0.15, 0.2) is 35.7 Å². The Balaban J connectivity index is 1.85. The summed E-state index contributed by atoms with van der Waals surface area (Å²) in [6.07, 6.45) is 1.80. The van der Waals surface area contributed by atoms with Gasteiger partial charge in [-0.1, -0.05) is 6.07 Å². The molecule has 24 heavy (non-hydrogen) atoms. The number of nitro groups is 1. The van der Waals surface area contributed by atoms with Crippen LogP contribution >= 0.6 is 11.3 Å². The average Bonchev–Trinajstić information content (AvgIpc) is 3.25. The van der Waals surface area contributed by atoms with Gasteiger partial charge in [0.25, 0.3) is 5.69 Å². The molecule has 0 radical (unpaired) electrons. The highest BCUT2D eigenvalue weighted by Crippen LogP contribution is 2.37. The number of benzene rings is 1. The van der Waals surface area contributed by atoms with Crippen LogP contribution < -0.4 is 4.90 Å². The van der Waals surface area contributed by atoms with Crippen molar-refractivity contribution in [3.8, 4) is 6.07 Å². The Morgan fingerprint density at radius 1 is 1.50 bits per heavy atom. The van der Waals surface area contributed by atoms with Gasteiger partial charge in [-0.25, -0.2) is 0 Å². The summed E-state index contributed by atoms with van der Waals surface area (Å²) in [5.74, 6) is 0. The maximum Gasteiger partial charge on any atom is 0.293 e. The Morgan fingerprint density at radius 2 is 2.33 bits per heavy atom. The average molecular weight is 343 g/mol. The normalized spacial score (nSPS) is 18.3. The van der Waals surface area contributed by atoms with Gasteiger partial charge in [-0.15, -0.1) is 11.3 Å². The Labute approximate surface area is 143 Å². The third-order valence-corrected chi connectivity index (χ3v) is 5.33. The second kappa shape index (κ2) is 6.99. The molecule has 0 bridgehead atoms. The van der Waals surface area contributed by atoms with Crippen molar-refractivity contribution >= 4 is 22.7 Å². The van der Waals surface area contributed by atoms with E-state index in [0.29, 0.717) is 18.7 Å². The predicted molar refractivity (Wildman–Crippen MR) is 92.1 cm³/mol. The van der Waals surface area contributed by atoms with Gasteiger partial charge < -0.3 is 10.0 Å². The first-order valence-corrected chi connectivity index (χ1v) is 8.64. The highest BCUT2D eigenvalue weighted by molar-refractivity contribution is 7.10. The van der Waals surface area contributed by atoms with E-state index in [4.69, 9.17) is 5.26 Å². The van der Waals surface area contributed by atoms with E-state index in [2.05, 4.69) is 0 Å². The van der Waals surface area contributed by atoms with E-state index >= 15 is 0 Å². The Kier molecular flexibility index (Phi) is 4.79. The molecule has 0 aliphatic carbocycles. The van der Waals surface area contributed by atoms with E-state index in [9.17, 15) is 15.2 Å². The van der Waals surface area contributed by atoms with Gasteiger partial charge in [0.1, 0.15) is 5.69 Å². The molecule has 2 heterocycles. The van der Waals surface area contributed by atoms with E-state index < -0.39 is 11.0 Å². The summed E-state index contributed by atoms with van der Waals surface area (Å²) in [4.78, 5) is 13.9. The van der Waals surface area contributed by atoms with Gasteiger partial charge in [-0.05, 0) is 42.8 Å². The summed E-state index contributed by atoms with van der Waals surface area (Å²) in [7, 11) is 0. The van der Waals surface area contributed by atoms with Gasteiger partial charge in [0.05, 0.1) is 22.7 Å². The van der Waals surface area contributed by atoms with Gasteiger partial charge in [0.2, 0.25) is 0 Å². The summed E-state index contributed by atoms with van der Waals surface area (Å²) in [5.41, 5.74) is 0.756. The SMILES string of the molecule is N#Cc1ccc(N2CCC[C@@H]2C[C@@H](O)c2cccs2)c([N+](=O)[O-])c1. The zero-order valence-corrected chi connectivity index (χ0v) is 13.8. The number of hydrogen-bond acceptors (Lipinski definition) is 6. The molecular formula is C17H17N3O3S. The van der Waals surface area contributed by atoms with Gasteiger partial charge in [-0.3, -0.25) is 10.1 Å². The number of nitro benzene ring substituents is 1. The second-order valence-corrected chi connectivity index (χ2v) is 6.81. The molecule has 2 atom stereocenters. The lowest BCUT2D eigenvalue weighted by Gasteiger charge is -2.28. The first-order chi connectivity index (χ1) is 11.6. The standard InChI is InChI=1S/C17H17N3O3S/c18-11-12-5-6-14(15(9-12)20(22)23)19-7-1-3-13(19)10-16(21)17-4-2-8-24-17/h2,4-6,8-9,13,16,21H,1,3,7,10H2/t13-,16-/m1/s1. The number of aliphatic hydroxyl groups excluding tert-OH is 1. The quantitative estimate of drug-likeness (QED) is 0.661. The van der Waals surface area contributed by atoms with Crippen molar-refractivity contribution in [2.24, 2.45) is 0 Å². The highest BCUT2D eigenvalue weighted by Gasteiger charge is 2.31. The summed E-state index contributed by atoms with van der Waals surface area (Å²) in [5, 5.41) is 32.7. The van der Waals surface area contributed by atoms with E-state index in [1.807, 2.05) is 28.5 Å². The third kappa shape index (κ3) is 3.25. The zero-order chi connectivity index (χ0) is 17.1. The van der Waals surface area contributed by atoms with Crippen LogP contribution in [0.4, 0.5) is 11.4 Å². The first-order valence-electron chi connectivity index (χ1n) is 7.77. The maximum atomic E-state index is 11.4. The predicted octanol–water partition coefficient (Wildman–Crippen LogP) is 3.62. The minimum Gasteiger partial charge on any atom is -0.387 e. The Bertz CT molecular complexity index is 770. The molecule has 0 unspecified atom stereocenters. The van der Waals surface area contributed by atoms with Crippen LogP contribution in [0, 0.1) is 21.4 Å². The Morgan fingerprint density at radius 3 is 3.00 bits per heavy atom. The maximum absolute atomic E-state index is 11.4. The molecule has 7 heteroatoms. The molecule has 124 valence electrons. The molecule has 1 N–H and O–H groups in total. The van der Waals surface area contributed by atoms with Crippen LogP contribution in [0.3, 0.4) is 0 Å². The zero-order valence-electron chi connectivity index (χ0n) is 13.0. The molecule has 2 aromatic rings. The van der Waals surface area contributed by atoms with Crippen LogP contribution in [0.25, 0.3) is 0 Å². The van der Waals surface area contributed by atoms with Crippen molar-refractivity contribution < 1.29 is 10.0 Å². The fourth-order valence-electron chi connectivity index (χ4n) is 3.23. The minimum atomic E-state index is -0.562. The van der Waals surface area contributed by atoms with Crippen molar-refractivity contribution in [1.82, 2.24) is 0 Å². The van der Waals surface area contributed by atoms with Crippen molar-refractivity contribution in [3.05, 3.63) is 56.3 Å². The second-order valence-electron chi connectivity index (χ2n) is 5.83. The summed E-state index contributed by atoms with van der Waals surface area (Å²) < 4.78 is 0. The van der Waals surface area contributed by atoms with Crippen LogP contribution in [0.2, 0.25) is 0 Å². The van der Waals surface area contributed by atoms with Crippen LogP contribution in [0.1, 0.15) is 35.8 Å². The lowest BCUT2D eigenvalue weighted by Crippen LogP contribution is -2.31. The van der Waals surface area contributed by atoms with Crippen molar-refractivity contribution in [3.63, 3.8) is 0 Å². The molecule has 1 aromatic carbocycles. The van der Waals surface area contributed by atoms with Crippen LogP contribution in [-0.4, -0.2) is 22.6 Å². The molecule has 0 saturated carbocycles. The molecule has 1 fully saturated rings. The van der Waals surface area contributed by atoms with E-state index in [1.54, 1.807) is 12.1 Å². The monoisotopic (exact) mass is 343 g/mol. The van der Waals surface area contributed by atoms with Gasteiger partial charge >= 0.3 is 0 Å². The molecule has 1 aliphatic heterocycles. The molecule has 1 aliphatic rings. The number of nitrogens with zero attached hydrogens (tertiary/aromatic N) is 3. The fourth-order valence-corrected chi connectivity index (χ4v) is 3.96. The fraction of sp³-hybridized carbons (Fsp3) is 0.353. The van der Waals surface area contributed by atoms with Gasteiger partial charge in [-0.2, -0.15) is 5.26 Å². The Hall–Kier alpha value is -2.43. The first kappa shape index (κ1) is 16.4. The molecule has 1 saturated heterocycles. The number of anilines is 1. The third-order valence-electron chi connectivity index (χ3n) is 4.35.